The fourth-order valence-corrected chi connectivity index (χ4v) is 2.85. The molecule has 1 aliphatic heterocycles. The van der Waals surface area contributed by atoms with Crippen LogP contribution in [0.3, 0.4) is 0 Å². The molecule has 1 heterocycles. The summed E-state index contributed by atoms with van der Waals surface area (Å²) in [5, 5.41) is 9.88. The second kappa shape index (κ2) is 5.85. The van der Waals surface area contributed by atoms with Crippen molar-refractivity contribution in [2.75, 3.05) is 6.54 Å². The van der Waals surface area contributed by atoms with E-state index in [2.05, 4.69) is 0 Å². The highest BCUT2D eigenvalue weighted by Gasteiger charge is 2.37. The average Bonchev–Trinajstić information content (AvgIpc) is 2.91. The summed E-state index contributed by atoms with van der Waals surface area (Å²) in [6.45, 7) is 0.106. The van der Waals surface area contributed by atoms with Crippen LogP contribution >= 0.6 is 0 Å². The molecule has 1 amide bonds. The van der Waals surface area contributed by atoms with Gasteiger partial charge in [0, 0.05) is 17.7 Å². The van der Waals surface area contributed by atoms with Crippen LogP contribution in [0.4, 0.5) is 8.78 Å². The number of hydrogen-bond acceptors (Lipinski definition) is 2. The van der Waals surface area contributed by atoms with Crippen molar-refractivity contribution in [1.29, 1.82) is 0 Å². The number of rotatable bonds is 2. The third-order valence-electron chi connectivity index (χ3n) is 3.88. The molecule has 0 aliphatic carbocycles. The van der Waals surface area contributed by atoms with Crippen LogP contribution in [-0.4, -0.2) is 28.6 Å². The Bertz CT molecular complexity index is 690. The first-order valence-electron chi connectivity index (χ1n) is 7.05. The Kier molecular flexibility index (Phi) is 3.90. The van der Waals surface area contributed by atoms with Gasteiger partial charge in [-0.3, -0.25) is 4.79 Å². The molecule has 2 aromatic carbocycles. The molecule has 114 valence electrons. The smallest absolute Gasteiger partial charge is 0.254 e. The molecule has 5 heteroatoms. The summed E-state index contributed by atoms with van der Waals surface area (Å²) >= 11 is 0. The minimum absolute atomic E-state index is 0.0980. The number of likely N-dealkylation sites (tertiary alicyclic amines) is 1. The predicted octanol–water partition coefficient (Wildman–Crippen LogP) is 2.91. The lowest BCUT2D eigenvalue weighted by Gasteiger charge is -2.25. The molecule has 1 N–H and O–H groups in total. The number of aliphatic hydroxyl groups is 1. The molecule has 22 heavy (non-hydrogen) atoms. The van der Waals surface area contributed by atoms with Crippen molar-refractivity contribution >= 4 is 5.91 Å². The van der Waals surface area contributed by atoms with Crippen molar-refractivity contribution in [1.82, 2.24) is 4.90 Å². The maximum Gasteiger partial charge on any atom is 0.254 e. The third-order valence-corrected chi connectivity index (χ3v) is 3.88. The molecule has 0 aromatic heterocycles. The highest BCUT2D eigenvalue weighted by atomic mass is 19.1. The molecule has 3 rings (SSSR count). The number of amides is 1. The number of carbonyl (C=O) groups excluding carboxylic acids is 1. The predicted molar refractivity (Wildman–Crippen MR) is 77.2 cm³/mol. The first-order valence-corrected chi connectivity index (χ1v) is 7.05. The van der Waals surface area contributed by atoms with E-state index in [9.17, 15) is 18.7 Å². The number of carbonyl (C=O) groups is 1. The standard InChI is InChI=1S/C17H15F2NO2/c18-12-6-7-15(19)14(8-12)16-9-13(21)10-20(16)17(22)11-4-2-1-3-5-11/h1-8,13,16,21H,9-10H2. The highest BCUT2D eigenvalue weighted by Crippen LogP contribution is 2.35. The van der Waals surface area contributed by atoms with Gasteiger partial charge in [0.05, 0.1) is 12.1 Å². The first kappa shape index (κ1) is 14.7. The van der Waals surface area contributed by atoms with Gasteiger partial charge in [0.25, 0.3) is 5.91 Å². The van der Waals surface area contributed by atoms with Crippen LogP contribution in [0, 0.1) is 11.6 Å². The number of benzene rings is 2. The minimum atomic E-state index is -0.750. The van der Waals surface area contributed by atoms with Crippen molar-refractivity contribution in [2.45, 2.75) is 18.6 Å². The molecular formula is C17H15F2NO2. The summed E-state index contributed by atoms with van der Waals surface area (Å²) in [5.74, 6) is -1.44. The SMILES string of the molecule is O=C(c1ccccc1)N1CC(O)CC1c1cc(F)ccc1F. The molecule has 2 unspecified atom stereocenters. The third kappa shape index (κ3) is 2.72. The molecule has 2 atom stereocenters. The second-order valence-corrected chi connectivity index (χ2v) is 5.39. The van der Waals surface area contributed by atoms with Crippen molar-refractivity contribution in [2.24, 2.45) is 0 Å². The zero-order chi connectivity index (χ0) is 15.7. The lowest BCUT2D eigenvalue weighted by molar-refractivity contribution is 0.0713. The van der Waals surface area contributed by atoms with E-state index < -0.39 is 23.8 Å². The summed E-state index contributed by atoms with van der Waals surface area (Å²) in [6.07, 6.45) is -0.556. The maximum absolute atomic E-state index is 14.0. The van der Waals surface area contributed by atoms with Gasteiger partial charge < -0.3 is 10.0 Å². The maximum atomic E-state index is 14.0. The van der Waals surface area contributed by atoms with E-state index >= 15 is 0 Å². The van der Waals surface area contributed by atoms with Gasteiger partial charge in [-0.05, 0) is 36.8 Å². The Labute approximate surface area is 126 Å². The van der Waals surface area contributed by atoms with Crippen LogP contribution in [0.25, 0.3) is 0 Å². The Morgan fingerprint density at radius 3 is 2.59 bits per heavy atom. The molecule has 1 aliphatic rings. The number of hydrogen-bond donors (Lipinski definition) is 1. The van der Waals surface area contributed by atoms with Gasteiger partial charge in [-0.25, -0.2) is 8.78 Å². The molecule has 0 saturated carbocycles. The fraction of sp³-hybridized carbons (Fsp3) is 0.235. The number of β-amino-alcohol motifs (C(OH)–C–C–N with tert-alkyl or cyclic N) is 1. The van der Waals surface area contributed by atoms with Gasteiger partial charge in [0.15, 0.2) is 0 Å². The first-order chi connectivity index (χ1) is 10.6. The van der Waals surface area contributed by atoms with Crippen LogP contribution < -0.4 is 0 Å². The van der Waals surface area contributed by atoms with E-state index in [-0.39, 0.29) is 24.4 Å². The van der Waals surface area contributed by atoms with Crippen LogP contribution in [0.2, 0.25) is 0 Å². The Balaban J connectivity index is 1.96. The van der Waals surface area contributed by atoms with Gasteiger partial charge in [-0.1, -0.05) is 18.2 Å². The molecular weight excluding hydrogens is 288 g/mol. The minimum Gasteiger partial charge on any atom is -0.391 e. The van der Waals surface area contributed by atoms with Crippen molar-refractivity contribution in [3.8, 4) is 0 Å². The quantitative estimate of drug-likeness (QED) is 0.926. The van der Waals surface area contributed by atoms with Crippen molar-refractivity contribution in [3.05, 3.63) is 71.3 Å². The molecule has 1 saturated heterocycles. The molecule has 0 radical (unpaired) electrons. The topological polar surface area (TPSA) is 40.5 Å². The summed E-state index contributed by atoms with van der Waals surface area (Å²) in [7, 11) is 0. The molecule has 2 aromatic rings. The molecule has 0 spiro atoms. The lowest BCUT2D eigenvalue weighted by atomic mass is 10.0. The largest absolute Gasteiger partial charge is 0.391 e. The zero-order valence-corrected chi connectivity index (χ0v) is 11.7. The van der Waals surface area contributed by atoms with E-state index in [1.807, 2.05) is 0 Å². The zero-order valence-electron chi connectivity index (χ0n) is 11.7. The summed E-state index contributed by atoms with van der Waals surface area (Å²) in [6, 6.07) is 11.1. The highest BCUT2D eigenvalue weighted by molar-refractivity contribution is 5.94. The van der Waals surface area contributed by atoms with Crippen LogP contribution in [0.15, 0.2) is 48.5 Å². The van der Waals surface area contributed by atoms with Crippen LogP contribution in [0.1, 0.15) is 28.4 Å². The van der Waals surface area contributed by atoms with E-state index in [1.54, 1.807) is 30.3 Å². The van der Waals surface area contributed by atoms with Crippen LogP contribution in [0.5, 0.6) is 0 Å². The van der Waals surface area contributed by atoms with Crippen LogP contribution in [-0.2, 0) is 0 Å². The fourth-order valence-electron chi connectivity index (χ4n) is 2.85. The Morgan fingerprint density at radius 1 is 1.14 bits per heavy atom. The summed E-state index contributed by atoms with van der Waals surface area (Å²) < 4.78 is 27.4. The monoisotopic (exact) mass is 303 g/mol. The van der Waals surface area contributed by atoms with Gasteiger partial charge in [0.2, 0.25) is 0 Å². The number of aliphatic hydroxyl groups excluding tert-OH is 1. The lowest BCUT2D eigenvalue weighted by Crippen LogP contribution is -2.32. The molecule has 1 fully saturated rings. The van der Waals surface area contributed by atoms with Gasteiger partial charge in [-0.15, -0.1) is 0 Å². The van der Waals surface area contributed by atoms with Crippen molar-refractivity contribution in [3.63, 3.8) is 0 Å². The average molecular weight is 303 g/mol. The van der Waals surface area contributed by atoms with E-state index in [0.29, 0.717) is 5.56 Å². The van der Waals surface area contributed by atoms with Gasteiger partial charge in [-0.2, -0.15) is 0 Å². The number of nitrogens with zero attached hydrogens (tertiary/aromatic N) is 1. The van der Waals surface area contributed by atoms with Gasteiger partial charge >= 0.3 is 0 Å². The van der Waals surface area contributed by atoms with Gasteiger partial charge in [0.1, 0.15) is 11.6 Å². The summed E-state index contributed by atoms with van der Waals surface area (Å²) in [4.78, 5) is 14.0. The molecule has 3 nitrogen and oxygen atoms in total. The summed E-state index contributed by atoms with van der Waals surface area (Å²) in [5.41, 5.74) is 0.555. The Hall–Kier alpha value is -2.27. The van der Waals surface area contributed by atoms with E-state index in [4.69, 9.17) is 0 Å². The van der Waals surface area contributed by atoms with E-state index in [1.165, 1.54) is 4.90 Å². The normalized spacial score (nSPS) is 21.1. The van der Waals surface area contributed by atoms with E-state index in [0.717, 1.165) is 18.2 Å². The molecule has 0 bridgehead atoms. The second-order valence-electron chi connectivity index (χ2n) is 5.39. The van der Waals surface area contributed by atoms with Crippen molar-refractivity contribution < 1.29 is 18.7 Å². The Morgan fingerprint density at radius 2 is 1.86 bits per heavy atom. The number of halogens is 2.